The van der Waals surface area contributed by atoms with Crippen LogP contribution >= 0.6 is 0 Å². The van der Waals surface area contributed by atoms with Crippen LogP contribution in [-0.2, 0) is 0 Å². The maximum Gasteiger partial charge on any atom is 0.0951 e. The number of fused-ring (bicyclic) bond motifs is 6. The molecule has 0 aliphatic heterocycles. The molecule has 5 saturated carbocycles. The lowest BCUT2D eigenvalue weighted by Gasteiger charge is -2.71. The molecule has 7 rings (SSSR count). The number of halogens is 1. The fourth-order valence-electron chi connectivity index (χ4n) is 13.2. The van der Waals surface area contributed by atoms with E-state index in [1.165, 1.54) is 38.5 Å². The first-order valence-electron chi connectivity index (χ1n) is 15.9. The molecular formula is C35H53F. The van der Waals surface area contributed by atoms with Gasteiger partial charge in [0.2, 0.25) is 0 Å². The van der Waals surface area contributed by atoms with Crippen molar-refractivity contribution >= 4 is 0 Å². The second kappa shape index (κ2) is 7.33. The Morgan fingerprint density at radius 3 is 2.31 bits per heavy atom. The molecule has 1 heteroatoms. The lowest BCUT2D eigenvalue weighted by atomic mass is 9.33. The van der Waals surface area contributed by atoms with Gasteiger partial charge in [0.1, 0.15) is 0 Å². The third-order valence-electron chi connectivity index (χ3n) is 15.4. The van der Waals surface area contributed by atoms with Crippen LogP contribution in [0.4, 0.5) is 4.39 Å². The minimum Gasteiger partial charge on any atom is -0.250 e. The molecule has 200 valence electrons. The van der Waals surface area contributed by atoms with Gasteiger partial charge in [-0.25, -0.2) is 0 Å². The highest BCUT2D eigenvalue weighted by Crippen LogP contribution is 2.82. The van der Waals surface area contributed by atoms with E-state index in [9.17, 15) is 4.39 Å². The number of alkyl halides is 1. The minimum atomic E-state index is -0.178. The fraction of sp³-hybridized carbons (Fsp3) is 0.886. The van der Waals surface area contributed by atoms with Crippen LogP contribution < -0.4 is 0 Å². The van der Waals surface area contributed by atoms with Crippen molar-refractivity contribution in [1.29, 1.82) is 0 Å². The standard InChI is InChI=1S/C35H53F/c1-30(2)25(23-11-16-31(3,22-36)17-12-23)13-18-32(4)28(30)14-19-33(5)29(32)10-9-26-27-8-7-15-35(27)21-24(35)20-34(26,33)6/h11,13,24,26-29H,7-10,12,14-22H2,1-6H3/t24?,26?,27-,28+,29-,31+,32+,33-,34?,35+/m1/s1. The quantitative estimate of drug-likeness (QED) is 0.360. The van der Waals surface area contributed by atoms with E-state index in [-0.39, 0.29) is 17.5 Å². The van der Waals surface area contributed by atoms with Gasteiger partial charge < -0.3 is 0 Å². The molecule has 5 fully saturated rings. The van der Waals surface area contributed by atoms with Gasteiger partial charge in [-0.15, -0.1) is 0 Å². The van der Waals surface area contributed by atoms with Crippen molar-refractivity contribution < 1.29 is 4.39 Å². The van der Waals surface area contributed by atoms with E-state index >= 15 is 0 Å². The molecule has 1 spiro atoms. The summed E-state index contributed by atoms with van der Waals surface area (Å²) in [5, 5.41) is 0. The highest BCUT2D eigenvalue weighted by Gasteiger charge is 2.74. The lowest BCUT2D eigenvalue weighted by molar-refractivity contribution is -0.216. The van der Waals surface area contributed by atoms with Crippen molar-refractivity contribution in [3.63, 3.8) is 0 Å². The Kier molecular flexibility index (Phi) is 4.98. The van der Waals surface area contributed by atoms with Crippen LogP contribution in [0.2, 0.25) is 0 Å². The maximum atomic E-state index is 13.7. The predicted octanol–water partition coefficient (Wildman–Crippen LogP) is 10.1. The van der Waals surface area contributed by atoms with Crippen LogP contribution in [0.1, 0.15) is 125 Å². The Labute approximate surface area is 221 Å². The zero-order chi connectivity index (χ0) is 25.4. The van der Waals surface area contributed by atoms with E-state index < -0.39 is 0 Å². The molecule has 0 nitrogen and oxygen atoms in total. The van der Waals surface area contributed by atoms with Crippen LogP contribution in [0, 0.1) is 62.1 Å². The van der Waals surface area contributed by atoms with Crippen molar-refractivity contribution in [3.05, 3.63) is 23.3 Å². The average Bonchev–Trinajstić information content (AvgIpc) is 3.35. The molecule has 0 aromatic carbocycles. The zero-order valence-electron chi connectivity index (χ0n) is 24.3. The molecule has 7 aliphatic carbocycles. The minimum absolute atomic E-state index is 0.128. The van der Waals surface area contributed by atoms with Crippen molar-refractivity contribution in [3.8, 4) is 0 Å². The van der Waals surface area contributed by atoms with E-state index in [0.717, 1.165) is 54.3 Å². The second-order valence-electron chi connectivity index (χ2n) is 16.9. The van der Waals surface area contributed by atoms with Crippen molar-refractivity contribution in [2.75, 3.05) is 6.67 Å². The lowest BCUT2D eigenvalue weighted by Crippen LogP contribution is -2.64. The molecule has 0 aromatic heterocycles. The topological polar surface area (TPSA) is 0 Å². The smallest absolute Gasteiger partial charge is 0.0951 e. The summed E-state index contributed by atoms with van der Waals surface area (Å²) < 4.78 is 13.7. The molecular weight excluding hydrogens is 439 g/mol. The summed E-state index contributed by atoms with van der Waals surface area (Å²) in [5.74, 6) is 4.76. The number of allylic oxidation sites excluding steroid dienone is 4. The monoisotopic (exact) mass is 492 g/mol. The van der Waals surface area contributed by atoms with Gasteiger partial charge in [0, 0.05) is 0 Å². The first-order valence-corrected chi connectivity index (χ1v) is 15.9. The summed E-state index contributed by atoms with van der Waals surface area (Å²) in [4.78, 5) is 0. The first kappa shape index (κ1) is 24.5. The summed E-state index contributed by atoms with van der Waals surface area (Å²) in [7, 11) is 0. The largest absolute Gasteiger partial charge is 0.250 e. The van der Waals surface area contributed by atoms with Crippen LogP contribution in [0.15, 0.2) is 23.3 Å². The SMILES string of the molecule is CC1(C)C(C2=CC[C@](C)(CF)CC2)=CC[C@]2(C)[C@H]3CCC4[C@H]5CCC[C@@]56CC6CC4(C)[C@]3(C)CC[C@@H]12. The molecule has 36 heavy (non-hydrogen) atoms. The van der Waals surface area contributed by atoms with Gasteiger partial charge in [-0.1, -0.05) is 60.1 Å². The summed E-state index contributed by atoms with van der Waals surface area (Å²) in [6, 6.07) is 0. The van der Waals surface area contributed by atoms with Crippen molar-refractivity contribution in [1.82, 2.24) is 0 Å². The van der Waals surface area contributed by atoms with Crippen LogP contribution in [0.25, 0.3) is 0 Å². The van der Waals surface area contributed by atoms with Crippen molar-refractivity contribution in [2.45, 2.75) is 125 Å². The maximum absolute atomic E-state index is 13.7. The molecule has 0 aromatic rings. The van der Waals surface area contributed by atoms with E-state index in [1.807, 2.05) is 0 Å². The van der Waals surface area contributed by atoms with E-state index in [0.29, 0.717) is 16.2 Å². The van der Waals surface area contributed by atoms with Crippen LogP contribution in [0.5, 0.6) is 0 Å². The van der Waals surface area contributed by atoms with Gasteiger partial charge in [0.05, 0.1) is 6.67 Å². The van der Waals surface area contributed by atoms with Gasteiger partial charge in [0.25, 0.3) is 0 Å². The van der Waals surface area contributed by atoms with Gasteiger partial charge in [-0.2, -0.15) is 0 Å². The Balaban J connectivity index is 1.22. The molecule has 0 bridgehead atoms. The third kappa shape index (κ3) is 2.83. The normalized spacial score (nSPS) is 56.8. The Hall–Kier alpha value is -0.590. The van der Waals surface area contributed by atoms with Gasteiger partial charge in [-0.3, -0.25) is 4.39 Å². The summed E-state index contributed by atoms with van der Waals surface area (Å²) in [6.07, 6.45) is 23.0. The fourth-order valence-corrected chi connectivity index (χ4v) is 13.2. The Morgan fingerprint density at radius 2 is 1.58 bits per heavy atom. The average molecular weight is 493 g/mol. The molecule has 0 heterocycles. The first-order chi connectivity index (χ1) is 16.9. The molecule has 0 saturated heterocycles. The van der Waals surface area contributed by atoms with Crippen LogP contribution in [0.3, 0.4) is 0 Å². The molecule has 3 unspecified atom stereocenters. The van der Waals surface area contributed by atoms with Gasteiger partial charge in [0.15, 0.2) is 0 Å². The van der Waals surface area contributed by atoms with Gasteiger partial charge >= 0.3 is 0 Å². The number of hydrogen-bond acceptors (Lipinski definition) is 0. The second-order valence-corrected chi connectivity index (χ2v) is 16.9. The number of rotatable bonds is 2. The Morgan fingerprint density at radius 1 is 0.778 bits per heavy atom. The third-order valence-corrected chi connectivity index (χ3v) is 15.4. The molecule has 0 radical (unpaired) electrons. The van der Waals surface area contributed by atoms with E-state index in [2.05, 4.69) is 53.7 Å². The summed E-state index contributed by atoms with van der Waals surface area (Å²) >= 11 is 0. The highest BCUT2D eigenvalue weighted by molar-refractivity contribution is 5.41. The van der Waals surface area contributed by atoms with Crippen molar-refractivity contribution in [2.24, 2.45) is 62.1 Å². The number of hydrogen-bond donors (Lipinski definition) is 0. The highest BCUT2D eigenvalue weighted by atomic mass is 19.1. The summed E-state index contributed by atoms with van der Waals surface area (Å²) in [5.41, 5.74) is 5.60. The zero-order valence-corrected chi connectivity index (χ0v) is 24.3. The molecule has 10 atom stereocenters. The Bertz CT molecular complexity index is 1020. The predicted molar refractivity (Wildman–Crippen MR) is 148 cm³/mol. The summed E-state index contributed by atoms with van der Waals surface area (Å²) in [6.45, 7) is 15.5. The molecule has 7 aliphatic rings. The molecule has 0 amide bonds. The molecule has 0 N–H and O–H groups in total. The van der Waals surface area contributed by atoms with Crippen LogP contribution in [-0.4, -0.2) is 6.67 Å². The van der Waals surface area contributed by atoms with Gasteiger partial charge in [-0.05, 0) is 150 Å². The van der Waals surface area contributed by atoms with E-state index in [4.69, 9.17) is 0 Å². The van der Waals surface area contributed by atoms with E-state index in [1.54, 1.807) is 36.8 Å².